The molecule has 4 heteroatoms. The standard InChI is InChI=1S/C12H9FO3/c13-9-3-1-8(2-4-9)7-10-5-6-11(16-10)12(14)15/h1-6H,7H2,(H,14,15). The second-order valence-corrected chi connectivity index (χ2v) is 3.37. The van der Waals surface area contributed by atoms with Crippen molar-refractivity contribution >= 4 is 5.97 Å². The van der Waals surface area contributed by atoms with Gasteiger partial charge in [0, 0.05) is 6.42 Å². The van der Waals surface area contributed by atoms with E-state index in [-0.39, 0.29) is 11.6 Å². The van der Waals surface area contributed by atoms with Crippen molar-refractivity contribution in [1.29, 1.82) is 0 Å². The number of hydrogen-bond acceptors (Lipinski definition) is 2. The minimum absolute atomic E-state index is 0.0860. The minimum atomic E-state index is -1.09. The van der Waals surface area contributed by atoms with E-state index in [4.69, 9.17) is 9.52 Å². The molecule has 0 fully saturated rings. The van der Waals surface area contributed by atoms with Crippen molar-refractivity contribution in [3.8, 4) is 0 Å². The van der Waals surface area contributed by atoms with Crippen LogP contribution >= 0.6 is 0 Å². The number of aromatic carboxylic acids is 1. The van der Waals surface area contributed by atoms with Crippen LogP contribution in [0.5, 0.6) is 0 Å². The summed E-state index contributed by atoms with van der Waals surface area (Å²) in [5, 5.41) is 8.66. The van der Waals surface area contributed by atoms with Gasteiger partial charge >= 0.3 is 5.97 Å². The topological polar surface area (TPSA) is 50.4 Å². The van der Waals surface area contributed by atoms with Gasteiger partial charge in [0.25, 0.3) is 0 Å². The number of carboxylic acid groups (broad SMARTS) is 1. The van der Waals surface area contributed by atoms with E-state index in [9.17, 15) is 9.18 Å². The van der Waals surface area contributed by atoms with Crippen LogP contribution < -0.4 is 0 Å². The number of carbonyl (C=O) groups is 1. The number of halogens is 1. The van der Waals surface area contributed by atoms with Crippen LogP contribution in [-0.4, -0.2) is 11.1 Å². The van der Waals surface area contributed by atoms with Gasteiger partial charge in [-0.3, -0.25) is 0 Å². The van der Waals surface area contributed by atoms with E-state index in [0.29, 0.717) is 12.2 Å². The predicted molar refractivity (Wildman–Crippen MR) is 54.9 cm³/mol. The summed E-state index contributed by atoms with van der Waals surface area (Å²) in [4.78, 5) is 10.6. The monoisotopic (exact) mass is 220 g/mol. The first-order chi connectivity index (χ1) is 7.65. The summed E-state index contributed by atoms with van der Waals surface area (Å²) in [6.07, 6.45) is 0.452. The molecule has 0 atom stereocenters. The first kappa shape index (κ1) is 10.4. The van der Waals surface area contributed by atoms with E-state index >= 15 is 0 Å². The molecule has 3 nitrogen and oxygen atoms in total. The van der Waals surface area contributed by atoms with Crippen molar-refractivity contribution in [3.05, 3.63) is 59.3 Å². The Labute approximate surface area is 91.1 Å². The number of hydrogen-bond donors (Lipinski definition) is 1. The highest BCUT2D eigenvalue weighted by molar-refractivity contribution is 5.84. The molecule has 0 saturated carbocycles. The molecule has 0 spiro atoms. The zero-order valence-electron chi connectivity index (χ0n) is 8.31. The Morgan fingerprint density at radius 1 is 1.19 bits per heavy atom. The molecule has 0 aliphatic carbocycles. The molecule has 0 aliphatic rings. The van der Waals surface area contributed by atoms with E-state index in [1.54, 1.807) is 18.2 Å². The molecule has 1 aromatic carbocycles. The Kier molecular flexibility index (Phi) is 2.72. The van der Waals surface area contributed by atoms with Crippen LogP contribution in [0.3, 0.4) is 0 Å². The Hall–Kier alpha value is -2.10. The highest BCUT2D eigenvalue weighted by atomic mass is 19.1. The number of benzene rings is 1. The SMILES string of the molecule is O=C(O)c1ccc(Cc2ccc(F)cc2)o1. The van der Waals surface area contributed by atoms with Crippen molar-refractivity contribution in [2.24, 2.45) is 0 Å². The third kappa shape index (κ3) is 2.28. The first-order valence-electron chi connectivity index (χ1n) is 4.71. The Morgan fingerprint density at radius 2 is 1.88 bits per heavy atom. The van der Waals surface area contributed by atoms with Gasteiger partial charge in [0.1, 0.15) is 11.6 Å². The van der Waals surface area contributed by atoms with E-state index in [1.807, 2.05) is 0 Å². The Morgan fingerprint density at radius 3 is 2.44 bits per heavy atom. The number of rotatable bonds is 3. The third-order valence-electron chi connectivity index (χ3n) is 2.16. The number of carboxylic acids is 1. The maximum atomic E-state index is 12.6. The first-order valence-corrected chi connectivity index (χ1v) is 4.71. The van der Waals surface area contributed by atoms with Gasteiger partial charge in [-0.05, 0) is 29.8 Å². The van der Waals surface area contributed by atoms with Gasteiger partial charge in [0.05, 0.1) is 0 Å². The molecule has 1 aromatic heterocycles. The van der Waals surface area contributed by atoms with E-state index < -0.39 is 5.97 Å². The van der Waals surface area contributed by atoms with Crippen LogP contribution in [0.1, 0.15) is 21.9 Å². The summed E-state index contributed by atoms with van der Waals surface area (Å²) in [6.45, 7) is 0. The van der Waals surface area contributed by atoms with Crippen LogP contribution in [0.4, 0.5) is 4.39 Å². The minimum Gasteiger partial charge on any atom is -0.475 e. The maximum absolute atomic E-state index is 12.6. The summed E-state index contributed by atoms with van der Waals surface area (Å²) in [7, 11) is 0. The lowest BCUT2D eigenvalue weighted by molar-refractivity contribution is 0.0660. The van der Waals surface area contributed by atoms with Gasteiger partial charge in [-0.15, -0.1) is 0 Å². The van der Waals surface area contributed by atoms with Crippen molar-refractivity contribution in [2.45, 2.75) is 6.42 Å². The van der Waals surface area contributed by atoms with E-state index in [2.05, 4.69) is 0 Å². The summed E-state index contributed by atoms with van der Waals surface area (Å²) >= 11 is 0. The fourth-order valence-electron chi connectivity index (χ4n) is 1.39. The smallest absolute Gasteiger partial charge is 0.371 e. The fourth-order valence-corrected chi connectivity index (χ4v) is 1.39. The molecule has 0 aliphatic heterocycles. The Balaban J connectivity index is 2.14. The van der Waals surface area contributed by atoms with E-state index in [0.717, 1.165) is 5.56 Å². The summed E-state index contributed by atoms with van der Waals surface area (Å²) in [5.41, 5.74) is 0.868. The lowest BCUT2D eigenvalue weighted by Gasteiger charge is -1.97. The average Bonchev–Trinajstić information content (AvgIpc) is 2.70. The van der Waals surface area contributed by atoms with Gasteiger partial charge in [-0.2, -0.15) is 0 Å². The van der Waals surface area contributed by atoms with Gasteiger partial charge < -0.3 is 9.52 Å². The molecule has 82 valence electrons. The second kappa shape index (κ2) is 4.18. The largest absolute Gasteiger partial charge is 0.475 e. The molecule has 0 unspecified atom stereocenters. The van der Waals surface area contributed by atoms with Crippen LogP contribution in [0.15, 0.2) is 40.8 Å². The zero-order chi connectivity index (χ0) is 11.5. The lowest BCUT2D eigenvalue weighted by Crippen LogP contribution is -1.92. The fraction of sp³-hybridized carbons (Fsp3) is 0.0833. The summed E-state index contributed by atoms with van der Waals surface area (Å²) in [6, 6.07) is 9.00. The van der Waals surface area contributed by atoms with Crippen molar-refractivity contribution in [1.82, 2.24) is 0 Å². The molecule has 0 saturated heterocycles. The molecular weight excluding hydrogens is 211 g/mol. The van der Waals surface area contributed by atoms with Crippen molar-refractivity contribution < 1.29 is 18.7 Å². The molecule has 2 aromatic rings. The molecule has 1 N–H and O–H groups in total. The quantitative estimate of drug-likeness (QED) is 0.865. The molecule has 0 amide bonds. The average molecular weight is 220 g/mol. The van der Waals surface area contributed by atoms with Crippen molar-refractivity contribution in [3.63, 3.8) is 0 Å². The molecular formula is C12H9FO3. The summed E-state index contributed by atoms with van der Waals surface area (Å²) < 4.78 is 17.7. The van der Waals surface area contributed by atoms with Gasteiger partial charge in [-0.25, -0.2) is 9.18 Å². The maximum Gasteiger partial charge on any atom is 0.371 e. The molecule has 16 heavy (non-hydrogen) atoms. The van der Waals surface area contributed by atoms with Crippen LogP contribution in [0.25, 0.3) is 0 Å². The molecule has 0 bridgehead atoms. The van der Waals surface area contributed by atoms with E-state index in [1.165, 1.54) is 18.2 Å². The highest BCUT2D eigenvalue weighted by Gasteiger charge is 2.09. The number of furan rings is 1. The van der Waals surface area contributed by atoms with Gasteiger partial charge in [0.15, 0.2) is 0 Å². The highest BCUT2D eigenvalue weighted by Crippen LogP contribution is 2.13. The third-order valence-corrected chi connectivity index (χ3v) is 2.16. The van der Waals surface area contributed by atoms with Crippen LogP contribution in [0, 0.1) is 5.82 Å². The normalized spacial score (nSPS) is 10.3. The van der Waals surface area contributed by atoms with Crippen LogP contribution in [0.2, 0.25) is 0 Å². The molecule has 2 rings (SSSR count). The van der Waals surface area contributed by atoms with Gasteiger partial charge in [0.2, 0.25) is 5.76 Å². The molecule has 0 radical (unpaired) electrons. The van der Waals surface area contributed by atoms with Gasteiger partial charge in [-0.1, -0.05) is 12.1 Å². The zero-order valence-corrected chi connectivity index (χ0v) is 8.31. The summed E-state index contributed by atoms with van der Waals surface area (Å²) in [5.74, 6) is -0.930. The molecule has 1 heterocycles. The Bertz CT molecular complexity index is 499. The predicted octanol–water partition coefficient (Wildman–Crippen LogP) is 2.71. The van der Waals surface area contributed by atoms with Crippen LogP contribution in [-0.2, 0) is 6.42 Å². The second-order valence-electron chi connectivity index (χ2n) is 3.37. The lowest BCUT2D eigenvalue weighted by atomic mass is 10.1. The van der Waals surface area contributed by atoms with Crippen molar-refractivity contribution in [2.75, 3.05) is 0 Å².